The highest BCUT2D eigenvalue weighted by Gasteiger charge is 2.31. The number of morpholine rings is 1. The summed E-state index contributed by atoms with van der Waals surface area (Å²) >= 11 is 0. The third-order valence-corrected chi connectivity index (χ3v) is 4.50. The highest BCUT2D eigenvalue weighted by atomic mass is 16.6. The van der Waals surface area contributed by atoms with Gasteiger partial charge >= 0.3 is 5.97 Å². The Hall–Kier alpha value is -3.06. The summed E-state index contributed by atoms with van der Waals surface area (Å²) in [6, 6.07) is 13.8. The van der Waals surface area contributed by atoms with Crippen LogP contribution in [-0.2, 0) is 14.3 Å². The minimum atomic E-state index is -1.04. The molecule has 1 aliphatic heterocycles. The largest absolute Gasteiger partial charge is 0.497 e. The molecule has 148 valence electrons. The second-order valence-corrected chi connectivity index (χ2v) is 6.20. The maximum atomic E-state index is 13.1. The van der Waals surface area contributed by atoms with Gasteiger partial charge in [0.25, 0.3) is 5.91 Å². The zero-order chi connectivity index (χ0) is 19.9. The molecule has 1 saturated heterocycles. The van der Waals surface area contributed by atoms with Gasteiger partial charge in [0.15, 0.2) is 0 Å². The lowest BCUT2D eigenvalue weighted by Crippen LogP contribution is -2.44. The van der Waals surface area contributed by atoms with E-state index in [9.17, 15) is 9.59 Å². The topological polar surface area (TPSA) is 74.3 Å². The number of ether oxygens (including phenoxy) is 4. The molecule has 7 heteroatoms. The number of nitrogens with zero attached hydrogens (tertiary/aromatic N) is 1. The summed E-state index contributed by atoms with van der Waals surface area (Å²) in [5.41, 5.74) is 0.832. The molecule has 1 amide bonds. The molecule has 0 spiro atoms. The number of hydrogen-bond donors (Lipinski definition) is 0. The molecule has 7 nitrogen and oxygen atoms in total. The number of benzene rings is 2. The summed E-state index contributed by atoms with van der Waals surface area (Å²) in [5.74, 6) is -0.0438. The van der Waals surface area contributed by atoms with Crippen molar-refractivity contribution < 1.29 is 28.5 Å². The maximum absolute atomic E-state index is 13.1. The molecule has 2 aromatic rings. The summed E-state index contributed by atoms with van der Waals surface area (Å²) < 4.78 is 21.4. The molecule has 1 atom stereocenters. The van der Waals surface area contributed by atoms with Crippen molar-refractivity contribution >= 4 is 11.9 Å². The number of methoxy groups -OCH3 is 2. The van der Waals surface area contributed by atoms with E-state index in [1.165, 1.54) is 14.2 Å². The fourth-order valence-corrected chi connectivity index (χ4v) is 2.98. The van der Waals surface area contributed by atoms with Gasteiger partial charge in [-0.1, -0.05) is 30.3 Å². The molecule has 0 N–H and O–H groups in total. The van der Waals surface area contributed by atoms with Gasteiger partial charge in [0.1, 0.15) is 17.1 Å². The summed E-state index contributed by atoms with van der Waals surface area (Å²) in [5, 5.41) is 0. The van der Waals surface area contributed by atoms with Crippen LogP contribution >= 0.6 is 0 Å². The van der Waals surface area contributed by atoms with Crippen LogP contribution < -0.4 is 9.47 Å². The highest BCUT2D eigenvalue weighted by Crippen LogP contribution is 2.28. The Labute approximate surface area is 163 Å². The van der Waals surface area contributed by atoms with Gasteiger partial charge in [-0.25, -0.2) is 4.79 Å². The van der Waals surface area contributed by atoms with E-state index in [1.807, 2.05) is 6.07 Å². The molecule has 0 aromatic heterocycles. The number of carbonyl (C=O) groups excluding carboxylic acids is 2. The Morgan fingerprint density at radius 1 is 1.00 bits per heavy atom. The summed E-state index contributed by atoms with van der Waals surface area (Å²) in [6.45, 7) is 1.86. The Morgan fingerprint density at radius 3 is 2.36 bits per heavy atom. The zero-order valence-electron chi connectivity index (χ0n) is 15.9. The molecule has 1 heterocycles. The van der Waals surface area contributed by atoms with Crippen LogP contribution in [0.25, 0.3) is 0 Å². The minimum Gasteiger partial charge on any atom is -0.497 e. The second kappa shape index (κ2) is 9.23. The lowest BCUT2D eigenvalue weighted by molar-refractivity contribution is -0.145. The molecule has 0 aliphatic carbocycles. The average molecular weight is 385 g/mol. The third kappa shape index (κ3) is 4.43. The van der Waals surface area contributed by atoms with Crippen molar-refractivity contribution in [3.63, 3.8) is 0 Å². The van der Waals surface area contributed by atoms with Crippen LogP contribution in [0, 0.1) is 0 Å². The summed E-state index contributed by atoms with van der Waals surface area (Å²) in [6.07, 6.45) is -1.04. The Kier molecular flexibility index (Phi) is 6.49. The first-order chi connectivity index (χ1) is 13.6. The van der Waals surface area contributed by atoms with Gasteiger partial charge in [-0.05, 0) is 12.1 Å². The monoisotopic (exact) mass is 385 g/mol. The van der Waals surface area contributed by atoms with Gasteiger partial charge in [-0.2, -0.15) is 0 Å². The van der Waals surface area contributed by atoms with Crippen LogP contribution in [0.15, 0.2) is 48.5 Å². The third-order valence-electron chi connectivity index (χ3n) is 4.50. The smallest absolute Gasteiger partial charge is 0.343 e. The molecular formula is C21H23NO6. The van der Waals surface area contributed by atoms with Gasteiger partial charge < -0.3 is 23.8 Å². The van der Waals surface area contributed by atoms with Crippen molar-refractivity contribution in [2.24, 2.45) is 0 Å². The molecule has 0 radical (unpaired) electrons. The molecule has 3 rings (SSSR count). The quantitative estimate of drug-likeness (QED) is 0.711. The Balaban J connectivity index is 1.87. The fourth-order valence-electron chi connectivity index (χ4n) is 2.98. The Morgan fingerprint density at radius 2 is 1.71 bits per heavy atom. The highest BCUT2D eigenvalue weighted by molar-refractivity contribution is 5.95. The lowest BCUT2D eigenvalue weighted by atomic mass is 10.1. The molecule has 0 bridgehead atoms. The van der Waals surface area contributed by atoms with Gasteiger partial charge in [0.2, 0.25) is 6.10 Å². The van der Waals surface area contributed by atoms with Crippen LogP contribution in [0.5, 0.6) is 11.5 Å². The number of hydrogen-bond acceptors (Lipinski definition) is 6. The summed E-state index contributed by atoms with van der Waals surface area (Å²) in [7, 11) is 2.98. The summed E-state index contributed by atoms with van der Waals surface area (Å²) in [4.78, 5) is 27.6. The minimum absolute atomic E-state index is 0.221. The van der Waals surface area contributed by atoms with Crippen LogP contribution in [0.1, 0.15) is 22.0 Å². The molecule has 28 heavy (non-hydrogen) atoms. The van der Waals surface area contributed by atoms with Gasteiger partial charge in [-0.15, -0.1) is 0 Å². The number of amides is 1. The Bertz CT molecular complexity index is 817. The van der Waals surface area contributed by atoms with Crippen molar-refractivity contribution in [1.29, 1.82) is 0 Å². The van der Waals surface area contributed by atoms with Crippen molar-refractivity contribution in [3.05, 3.63) is 59.7 Å². The van der Waals surface area contributed by atoms with E-state index in [-0.39, 0.29) is 11.5 Å². The van der Waals surface area contributed by atoms with Crippen LogP contribution in [0.3, 0.4) is 0 Å². The van der Waals surface area contributed by atoms with Crippen LogP contribution in [-0.4, -0.2) is 57.3 Å². The first-order valence-electron chi connectivity index (χ1n) is 8.98. The number of esters is 1. The predicted octanol–water partition coefficient (Wildman–Crippen LogP) is 2.46. The first kappa shape index (κ1) is 19.7. The molecule has 1 unspecified atom stereocenters. The SMILES string of the molecule is COc1ccc(C(=O)OC(C(=O)N2CCOCC2)c2ccccc2)c(OC)c1. The normalized spacial score (nSPS) is 14.9. The first-order valence-corrected chi connectivity index (χ1v) is 8.98. The van der Waals surface area contributed by atoms with E-state index in [1.54, 1.807) is 47.4 Å². The van der Waals surface area contributed by atoms with Crippen molar-refractivity contribution in [2.45, 2.75) is 6.10 Å². The van der Waals surface area contributed by atoms with E-state index >= 15 is 0 Å². The lowest BCUT2D eigenvalue weighted by Gasteiger charge is -2.30. The predicted molar refractivity (Wildman–Crippen MR) is 102 cm³/mol. The van der Waals surface area contributed by atoms with E-state index in [0.717, 1.165) is 0 Å². The molecule has 0 saturated carbocycles. The molecule has 1 fully saturated rings. The standard InChI is InChI=1S/C21H23NO6/c1-25-16-8-9-17(18(14-16)26-2)21(24)28-19(15-6-4-3-5-7-15)20(23)22-10-12-27-13-11-22/h3-9,14,19H,10-13H2,1-2H3. The van der Waals surface area contributed by atoms with Crippen molar-refractivity contribution in [1.82, 2.24) is 4.90 Å². The van der Waals surface area contributed by atoms with Gasteiger partial charge in [-0.3, -0.25) is 4.79 Å². The average Bonchev–Trinajstić information content (AvgIpc) is 2.77. The second-order valence-electron chi connectivity index (χ2n) is 6.20. The molecular weight excluding hydrogens is 362 g/mol. The number of rotatable bonds is 6. The number of carbonyl (C=O) groups is 2. The zero-order valence-corrected chi connectivity index (χ0v) is 15.9. The van der Waals surface area contributed by atoms with Crippen molar-refractivity contribution in [3.8, 4) is 11.5 Å². The van der Waals surface area contributed by atoms with E-state index < -0.39 is 12.1 Å². The van der Waals surface area contributed by atoms with Gasteiger partial charge in [0, 0.05) is 24.7 Å². The maximum Gasteiger partial charge on any atom is 0.343 e. The molecule has 1 aliphatic rings. The van der Waals surface area contributed by atoms with E-state index in [2.05, 4.69) is 0 Å². The molecule has 2 aromatic carbocycles. The van der Waals surface area contributed by atoms with Gasteiger partial charge in [0.05, 0.1) is 27.4 Å². The van der Waals surface area contributed by atoms with E-state index in [4.69, 9.17) is 18.9 Å². The van der Waals surface area contributed by atoms with Crippen LogP contribution in [0.2, 0.25) is 0 Å². The van der Waals surface area contributed by atoms with Crippen LogP contribution in [0.4, 0.5) is 0 Å². The fraction of sp³-hybridized carbons (Fsp3) is 0.333. The van der Waals surface area contributed by atoms with Crippen molar-refractivity contribution in [2.75, 3.05) is 40.5 Å². The van der Waals surface area contributed by atoms with E-state index in [0.29, 0.717) is 43.4 Å².